The van der Waals surface area contributed by atoms with Crippen molar-refractivity contribution < 1.29 is 4.92 Å². The van der Waals surface area contributed by atoms with E-state index in [2.05, 4.69) is 10.3 Å². The lowest BCUT2D eigenvalue weighted by Gasteiger charge is -2.04. The summed E-state index contributed by atoms with van der Waals surface area (Å²) in [6.45, 7) is 0.475. The molecule has 0 atom stereocenters. The van der Waals surface area contributed by atoms with Gasteiger partial charge >= 0.3 is 0 Å². The van der Waals surface area contributed by atoms with Gasteiger partial charge < -0.3 is 5.73 Å². The van der Waals surface area contributed by atoms with Crippen LogP contribution in [-0.4, -0.2) is 26.5 Å². The van der Waals surface area contributed by atoms with E-state index in [1.807, 2.05) is 0 Å². The van der Waals surface area contributed by atoms with E-state index < -0.39 is 4.92 Å². The Labute approximate surface area is 97.0 Å². The second-order valence-corrected chi connectivity index (χ2v) is 3.45. The van der Waals surface area contributed by atoms with E-state index in [9.17, 15) is 10.1 Å². The zero-order valence-electron chi connectivity index (χ0n) is 8.98. The van der Waals surface area contributed by atoms with Gasteiger partial charge in [0.15, 0.2) is 0 Å². The third-order valence-corrected chi connectivity index (χ3v) is 2.31. The molecule has 0 fully saturated rings. The number of nitro benzene ring substituents is 1. The Morgan fingerprint density at radius 3 is 3.00 bits per heavy atom. The first-order valence-electron chi connectivity index (χ1n) is 5.07. The van der Waals surface area contributed by atoms with Crippen LogP contribution < -0.4 is 5.73 Å². The van der Waals surface area contributed by atoms with Crippen molar-refractivity contribution in [3.05, 3.63) is 46.3 Å². The van der Waals surface area contributed by atoms with Gasteiger partial charge in [-0.25, -0.2) is 4.68 Å². The van der Waals surface area contributed by atoms with Gasteiger partial charge in [-0.05, 0) is 12.6 Å². The lowest BCUT2D eigenvalue weighted by molar-refractivity contribution is -0.384. The summed E-state index contributed by atoms with van der Waals surface area (Å²) < 4.78 is 1.56. The highest BCUT2D eigenvalue weighted by molar-refractivity contribution is 5.43. The maximum Gasteiger partial charge on any atom is 0.271 e. The molecule has 0 saturated carbocycles. The fraction of sp³-hybridized carbons (Fsp3) is 0.200. The highest BCUT2D eigenvalue weighted by Crippen LogP contribution is 2.17. The molecule has 0 aliphatic heterocycles. The Morgan fingerprint density at radius 2 is 2.29 bits per heavy atom. The molecule has 1 aromatic heterocycles. The molecule has 0 aliphatic rings. The highest BCUT2D eigenvalue weighted by atomic mass is 16.6. The molecule has 0 aliphatic carbocycles. The largest absolute Gasteiger partial charge is 0.330 e. The van der Waals surface area contributed by atoms with Crippen LogP contribution in [0, 0.1) is 10.1 Å². The first-order valence-corrected chi connectivity index (χ1v) is 5.07. The SMILES string of the molecule is NCCc1cnnn1-c1cccc([N+](=O)[O-])c1. The molecule has 2 rings (SSSR count). The quantitative estimate of drug-likeness (QED) is 0.618. The first-order chi connectivity index (χ1) is 8.22. The number of hydrogen-bond acceptors (Lipinski definition) is 5. The maximum absolute atomic E-state index is 10.7. The minimum absolute atomic E-state index is 0.0247. The summed E-state index contributed by atoms with van der Waals surface area (Å²) in [5.74, 6) is 0. The fourth-order valence-corrected chi connectivity index (χ4v) is 1.53. The molecule has 17 heavy (non-hydrogen) atoms. The Morgan fingerprint density at radius 1 is 1.47 bits per heavy atom. The molecule has 0 bridgehead atoms. The van der Waals surface area contributed by atoms with Gasteiger partial charge in [-0.1, -0.05) is 11.3 Å². The molecule has 2 N–H and O–H groups in total. The summed E-state index contributed by atoms with van der Waals surface area (Å²) in [5.41, 5.74) is 6.93. The Kier molecular flexibility index (Phi) is 3.10. The van der Waals surface area contributed by atoms with Gasteiger partial charge in [0.1, 0.15) is 0 Å². The average molecular weight is 233 g/mol. The number of nitro groups is 1. The van der Waals surface area contributed by atoms with Crippen molar-refractivity contribution in [1.29, 1.82) is 0 Å². The second-order valence-electron chi connectivity index (χ2n) is 3.45. The predicted molar refractivity (Wildman–Crippen MR) is 60.8 cm³/mol. The van der Waals surface area contributed by atoms with Gasteiger partial charge in [0.2, 0.25) is 0 Å². The van der Waals surface area contributed by atoms with Gasteiger partial charge in [0.25, 0.3) is 5.69 Å². The van der Waals surface area contributed by atoms with Crippen LogP contribution in [0.15, 0.2) is 30.5 Å². The van der Waals surface area contributed by atoms with E-state index in [-0.39, 0.29) is 5.69 Å². The standard InChI is InChI=1S/C10H11N5O2/c11-5-4-10-7-12-13-14(10)8-2-1-3-9(6-8)15(16)17/h1-3,6-7H,4-5,11H2. The van der Waals surface area contributed by atoms with Crippen molar-refractivity contribution in [2.24, 2.45) is 5.73 Å². The number of nitrogens with two attached hydrogens (primary N) is 1. The van der Waals surface area contributed by atoms with Gasteiger partial charge in [0, 0.05) is 18.6 Å². The molecule has 0 amide bonds. The molecule has 1 heterocycles. The normalized spacial score (nSPS) is 10.4. The maximum atomic E-state index is 10.7. The van der Waals surface area contributed by atoms with Gasteiger partial charge in [-0.2, -0.15) is 0 Å². The van der Waals surface area contributed by atoms with Crippen LogP contribution in [0.5, 0.6) is 0 Å². The molecule has 0 saturated heterocycles. The van der Waals surface area contributed by atoms with Gasteiger partial charge in [0.05, 0.1) is 22.5 Å². The fourth-order valence-electron chi connectivity index (χ4n) is 1.53. The predicted octanol–water partition coefficient (Wildman–Crippen LogP) is 0.677. The molecule has 1 aromatic carbocycles. The smallest absolute Gasteiger partial charge is 0.271 e. The molecule has 7 nitrogen and oxygen atoms in total. The van der Waals surface area contributed by atoms with Crippen LogP contribution in [0.4, 0.5) is 5.69 Å². The first kappa shape index (κ1) is 11.2. The van der Waals surface area contributed by atoms with E-state index in [4.69, 9.17) is 5.73 Å². The lowest BCUT2D eigenvalue weighted by atomic mass is 10.2. The highest BCUT2D eigenvalue weighted by Gasteiger charge is 2.10. The third-order valence-electron chi connectivity index (χ3n) is 2.31. The number of aromatic nitrogens is 3. The molecule has 2 aromatic rings. The summed E-state index contributed by atoms with van der Waals surface area (Å²) in [4.78, 5) is 10.2. The molecule has 0 spiro atoms. The molecule has 7 heteroatoms. The van der Waals surface area contributed by atoms with E-state index in [1.54, 1.807) is 23.0 Å². The Hall–Kier alpha value is -2.28. The van der Waals surface area contributed by atoms with Gasteiger partial charge in [-0.3, -0.25) is 10.1 Å². The number of hydrogen-bond donors (Lipinski definition) is 1. The van der Waals surface area contributed by atoms with Crippen molar-refractivity contribution in [3.63, 3.8) is 0 Å². The van der Waals surface area contributed by atoms with Crippen LogP contribution >= 0.6 is 0 Å². The summed E-state index contributed by atoms with van der Waals surface area (Å²) in [6.07, 6.45) is 2.22. The summed E-state index contributed by atoms with van der Waals surface area (Å²) in [5, 5.41) is 18.3. The van der Waals surface area contributed by atoms with Crippen LogP contribution in [0.1, 0.15) is 5.69 Å². The summed E-state index contributed by atoms with van der Waals surface area (Å²) >= 11 is 0. The minimum Gasteiger partial charge on any atom is -0.330 e. The number of non-ortho nitro benzene ring substituents is 1. The Bertz CT molecular complexity index is 537. The summed E-state index contributed by atoms with van der Waals surface area (Å²) in [7, 11) is 0. The molecule has 88 valence electrons. The van der Waals surface area contributed by atoms with Crippen molar-refractivity contribution in [2.75, 3.05) is 6.54 Å². The third kappa shape index (κ3) is 2.28. The van der Waals surface area contributed by atoms with E-state index in [0.29, 0.717) is 18.7 Å². The zero-order valence-corrected chi connectivity index (χ0v) is 8.98. The van der Waals surface area contributed by atoms with Crippen molar-refractivity contribution in [1.82, 2.24) is 15.0 Å². The van der Waals surface area contributed by atoms with Gasteiger partial charge in [-0.15, -0.1) is 5.10 Å². The van der Waals surface area contributed by atoms with Crippen LogP contribution in [-0.2, 0) is 6.42 Å². The van der Waals surface area contributed by atoms with Crippen molar-refractivity contribution in [3.8, 4) is 5.69 Å². The Balaban J connectivity index is 2.42. The van der Waals surface area contributed by atoms with Crippen molar-refractivity contribution in [2.45, 2.75) is 6.42 Å². The van der Waals surface area contributed by atoms with E-state index in [0.717, 1.165) is 5.69 Å². The number of rotatable bonds is 4. The molecular weight excluding hydrogens is 222 g/mol. The molecular formula is C10H11N5O2. The number of benzene rings is 1. The monoisotopic (exact) mass is 233 g/mol. The van der Waals surface area contributed by atoms with Crippen LogP contribution in [0.25, 0.3) is 5.69 Å². The summed E-state index contributed by atoms with van der Waals surface area (Å²) in [6, 6.07) is 6.24. The zero-order chi connectivity index (χ0) is 12.3. The van der Waals surface area contributed by atoms with E-state index in [1.165, 1.54) is 12.1 Å². The van der Waals surface area contributed by atoms with Crippen molar-refractivity contribution >= 4 is 5.69 Å². The van der Waals surface area contributed by atoms with Crippen LogP contribution in [0.2, 0.25) is 0 Å². The van der Waals surface area contributed by atoms with Crippen LogP contribution in [0.3, 0.4) is 0 Å². The lowest BCUT2D eigenvalue weighted by Crippen LogP contribution is -2.09. The topological polar surface area (TPSA) is 99.9 Å². The molecule has 0 radical (unpaired) electrons. The molecule has 0 unspecified atom stereocenters. The minimum atomic E-state index is -0.441. The average Bonchev–Trinajstić information content (AvgIpc) is 2.78. The van der Waals surface area contributed by atoms with E-state index >= 15 is 0 Å². The second kappa shape index (κ2) is 4.71. The number of nitrogens with zero attached hydrogens (tertiary/aromatic N) is 4.